The molecule has 0 unspecified atom stereocenters. The number of likely N-dealkylation sites (N-methyl/N-ethyl adjacent to an activating group) is 1. The molecule has 30 heavy (non-hydrogen) atoms. The summed E-state index contributed by atoms with van der Waals surface area (Å²) in [7, 11) is 1.51. The second-order valence-electron chi connectivity index (χ2n) is 7.03. The third kappa shape index (κ3) is 2.57. The van der Waals surface area contributed by atoms with Gasteiger partial charge in [0, 0.05) is 25.3 Å². The molecule has 4 heterocycles. The molecule has 5 rings (SSSR count). The number of para-hydroxylation sites is 1. The Labute approximate surface area is 174 Å². The molecule has 1 atom stereocenters. The third-order valence-electron chi connectivity index (χ3n) is 5.44. The van der Waals surface area contributed by atoms with Crippen LogP contribution in [0.15, 0.2) is 45.6 Å². The Balaban J connectivity index is 1.43. The van der Waals surface area contributed by atoms with E-state index < -0.39 is 11.6 Å². The summed E-state index contributed by atoms with van der Waals surface area (Å²) in [5.41, 5.74) is 0.0460. The van der Waals surface area contributed by atoms with Gasteiger partial charge in [0.1, 0.15) is 0 Å². The quantitative estimate of drug-likeness (QED) is 0.592. The number of benzene rings is 1. The molecule has 0 spiro atoms. The van der Waals surface area contributed by atoms with Crippen LogP contribution < -0.4 is 4.90 Å². The minimum absolute atomic E-state index is 0.131. The molecule has 3 aromatic rings. The maximum absolute atomic E-state index is 13.2. The van der Waals surface area contributed by atoms with Crippen LogP contribution in [0.25, 0.3) is 11.5 Å². The number of esters is 1. The SMILES string of the molecule is CN1C(=O)c2ccccc2N2C(=O)CC[C@@]12C(=O)OCc1noc(-c2ccsc2)n1. The van der Waals surface area contributed by atoms with Gasteiger partial charge in [-0.05, 0) is 23.6 Å². The summed E-state index contributed by atoms with van der Waals surface area (Å²) in [4.78, 5) is 45.7. The van der Waals surface area contributed by atoms with Crippen LogP contribution in [-0.2, 0) is 20.9 Å². The first-order valence-corrected chi connectivity index (χ1v) is 10.2. The summed E-state index contributed by atoms with van der Waals surface area (Å²) in [6, 6.07) is 8.59. The van der Waals surface area contributed by atoms with Crippen LogP contribution in [0.5, 0.6) is 0 Å². The van der Waals surface area contributed by atoms with Gasteiger partial charge in [-0.2, -0.15) is 16.3 Å². The van der Waals surface area contributed by atoms with E-state index in [1.807, 2.05) is 16.8 Å². The Morgan fingerprint density at radius 1 is 1.30 bits per heavy atom. The summed E-state index contributed by atoms with van der Waals surface area (Å²) in [5.74, 6) is -0.759. The summed E-state index contributed by atoms with van der Waals surface area (Å²) in [5, 5.41) is 7.59. The van der Waals surface area contributed by atoms with Crippen LogP contribution >= 0.6 is 11.3 Å². The van der Waals surface area contributed by atoms with E-state index in [0.717, 1.165) is 5.56 Å². The fourth-order valence-electron chi connectivity index (χ4n) is 3.95. The molecule has 1 saturated heterocycles. The van der Waals surface area contributed by atoms with Crippen LogP contribution in [-0.4, -0.2) is 45.5 Å². The maximum atomic E-state index is 13.2. The minimum atomic E-state index is -1.53. The molecule has 0 bridgehead atoms. The van der Waals surface area contributed by atoms with E-state index in [9.17, 15) is 14.4 Å². The molecule has 9 nitrogen and oxygen atoms in total. The van der Waals surface area contributed by atoms with Crippen molar-refractivity contribution in [2.24, 2.45) is 0 Å². The zero-order valence-electron chi connectivity index (χ0n) is 15.9. The van der Waals surface area contributed by atoms with Gasteiger partial charge in [-0.25, -0.2) is 4.79 Å². The summed E-state index contributed by atoms with van der Waals surface area (Å²) in [6.45, 7) is -0.236. The summed E-state index contributed by atoms with van der Waals surface area (Å²) in [6.07, 6.45) is 0.277. The number of hydrogen-bond donors (Lipinski definition) is 0. The monoisotopic (exact) mass is 424 g/mol. The molecule has 0 radical (unpaired) electrons. The fraction of sp³-hybridized carbons (Fsp3) is 0.250. The largest absolute Gasteiger partial charge is 0.454 e. The second-order valence-corrected chi connectivity index (χ2v) is 7.81. The van der Waals surface area contributed by atoms with Crippen LogP contribution in [0.4, 0.5) is 5.69 Å². The van der Waals surface area contributed by atoms with Crippen molar-refractivity contribution in [1.29, 1.82) is 0 Å². The first-order valence-electron chi connectivity index (χ1n) is 9.25. The lowest BCUT2D eigenvalue weighted by molar-refractivity contribution is -0.158. The molecular weight excluding hydrogens is 408 g/mol. The predicted molar refractivity (Wildman–Crippen MR) is 105 cm³/mol. The van der Waals surface area contributed by atoms with Gasteiger partial charge in [-0.15, -0.1) is 0 Å². The van der Waals surface area contributed by atoms with Crippen molar-refractivity contribution >= 4 is 34.8 Å². The Morgan fingerprint density at radius 3 is 2.93 bits per heavy atom. The highest BCUT2D eigenvalue weighted by Gasteiger charge is 2.60. The van der Waals surface area contributed by atoms with Gasteiger partial charge in [-0.3, -0.25) is 14.5 Å². The number of rotatable bonds is 4. The zero-order chi connectivity index (χ0) is 20.9. The number of carbonyl (C=O) groups is 3. The molecule has 10 heteroatoms. The highest BCUT2D eigenvalue weighted by atomic mass is 32.1. The van der Waals surface area contributed by atoms with Crippen molar-refractivity contribution in [3.05, 3.63) is 52.5 Å². The smallest absolute Gasteiger partial charge is 0.354 e. The number of anilines is 1. The normalized spacial score (nSPS) is 20.3. The number of aromatic nitrogens is 2. The number of ether oxygens (including phenoxy) is 1. The number of hydrogen-bond acceptors (Lipinski definition) is 8. The standard InChI is InChI=1S/C20H16N4O5S/c1-23-18(26)13-4-2-3-5-14(13)24-16(25)6-8-20(23,24)19(27)28-10-15-21-17(29-22-15)12-7-9-30-11-12/h2-5,7,9,11H,6,8,10H2,1H3/t20-/m1/s1. The molecule has 1 aromatic carbocycles. The van der Waals surface area contributed by atoms with Gasteiger partial charge >= 0.3 is 5.97 Å². The van der Waals surface area contributed by atoms with Crippen molar-refractivity contribution in [3.8, 4) is 11.5 Å². The zero-order valence-corrected chi connectivity index (χ0v) is 16.7. The average Bonchev–Trinajstić information content (AvgIpc) is 3.50. The second kappa shape index (κ2) is 6.77. The van der Waals surface area contributed by atoms with E-state index in [1.165, 1.54) is 28.2 Å². The number of nitrogens with zero attached hydrogens (tertiary/aromatic N) is 4. The molecule has 0 N–H and O–H groups in total. The van der Waals surface area contributed by atoms with E-state index in [-0.39, 0.29) is 37.1 Å². The minimum Gasteiger partial charge on any atom is -0.454 e. The predicted octanol–water partition coefficient (Wildman–Crippen LogP) is 2.45. The summed E-state index contributed by atoms with van der Waals surface area (Å²) >= 11 is 1.50. The molecule has 2 aliphatic rings. The lowest BCUT2D eigenvalue weighted by Crippen LogP contribution is -2.67. The third-order valence-corrected chi connectivity index (χ3v) is 6.12. The number of carbonyl (C=O) groups excluding carboxylic acids is 3. The van der Waals surface area contributed by atoms with Crippen molar-refractivity contribution in [1.82, 2.24) is 15.0 Å². The molecule has 1 fully saturated rings. The van der Waals surface area contributed by atoms with Crippen LogP contribution in [0.1, 0.15) is 29.0 Å². The Bertz CT molecular complexity index is 1160. The molecular formula is C20H16N4O5S. The van der Waals surface area contributed by atoms with Gasteiger partial charge in [0.15, 0.2) is 6.61 Å². The molecule has 0 saturated carbocycles. The Hall–Kier alpha value is -3.53. The average molecular weight is 424 g/mol. The van der Waals surface area contributed by atoms with E-state index in [4.69, 9.17) is 9.26 Å². The maximum Gasteiger partial charge on any atom is 0.354 e. The van der Waals surface area contributed by atoms with E-state index >= 15 is 0 Å². The van der Waals surface area contributed by atoms with E-state index in [2.05, 4.69) is 10.1 Å². The highest BCUT2D eigenvalue weighted by Crippen LogP contribution is 2.44. The molecule has 2 aromatic heterocycles. The van der Waals surface area contributed by atoms with E-state index in [1.54, 1.807) is 24.3 Å². The van der Waals surface area contributed by atoms with Crippen molar-refractivity contribution in [3.63, 3.8) is 0 Å². The van der Waals surface area contributed by atoms with Gasteiger partial charge in [0.25, 0.3) is 11.8 Å². The fourth-order valence-corrected chi connectivity index (χ4v) is 4.58. The van der Waals surface area contributed by atoms with Gasteiger partial charge in [0.2, 0.25) is 17.4 Å². The van der Waals surface area contributed by atoms with Gasteiger partial charge in [-0.1, -0.05) is 17.3 Å². The number of amides is 2. The first kappa shape index (κ1) is 18.5. The molecule has 2 aliphatic heterocycles. The summed E-state index contributed by atoms with van der Waals surface area (Å²) < 4.78 is 10.7. The van der Waals surface area contributed by atoms with Crippen molar-refractivity contribution in [2.45, 2.75) is 25.1 Å². The number of fused-ring (bicyclic) bond motifs is 3. The lowest BCUT2D eigenvalue weighted by atomic mass is 9.97. The van der Waals surface area contributed by atoms with Crippen molar-refractivity contribution in [2.75, 3.05) is 11.9 Å². The Morgan fingerprint density at radius 2 is 2.13 bits per heavy atom. The van der Waals surface area contributed by atoms with Crippen molar-refractivity contribution < 1.29 is 23.6 Å². The lowest BCUT2D eigenvalue weighted by Gasteiger charge is -2.46. The van der Waals surface area contributed by atoms with Gasteiger partial charge < -0.3 is 14.2 Å². The Kier molecular flexibility index (Phi) is 4.17. The van der Waals surface area contributed by atoms with Crippen LogP contribution in [0.3, 0.4) is 0 Å². The molecule has 0 aliphatic carbocycles. The first-order chi connectivity index (χ1) is 14.5. The van der Waals surface area contributed by atoms with Crippen LogP contribution in [0.2, 0.25) is 0 Å². The van der Waals surface area contributed by atoms with E-state index in [0.29, 0.717) is 17.1 Å². The molecule has 2 amide bonds. The number of thiophene rings is 1. The van der Waals surface area contributed by atoms with Gasteiger partial charge in [0.05, 0.1) is 16.8 Å². The molecule has 152 valence electrons. The highest BCUT2D eigenvalue weighted by molar-refractivity contribution is 7.08. The van der Waals surface area contributed by atoms with Crippen LogP contribution in [0, 0.1) is 0 Å². The topological polar surface area (TPSA) is 106 Å².